The molecule has 0 bridgehead atoms. The lowest BCUT2D eigenvalue weighted by Crippen LogP contribution is -2.40. The van der Waals surface area contributed by atoms with E-state index in [1.165, 1.54) is 17.8 Å². The first-order valence-electron chi connectivity index (χ1n) is 10.8. The van der Waals surface area contributed by atoms with E-state index in [1.807, 2.05) is 22.7 Å². The first kappa shape index (κ1) is 20.5. The second kappa shape index (κ2) is 8.17. The number of fused-ring (bicyclic) bond motifs is 1. The standard InChI is InChI=1S/C24H32N4O2/c1-7-19-17(4)25-23-12-20(18-8-9-21(29-5)22(11-18)30-6)26-28(23)24(19)27-13-15(2)10-16(3)14-27/h8-9,11-12,15-16H,7,10,13-14H2,1-6H3/t15-,16-/m0/s1. The van der Waals surface area contributed by atoms with Crippen LogP contribution in [0, 0.1) is 18.8 Å². The molecule has 2 atom stereocenters. The van der Waals surface area contributed by atoms with E-state index < -0.39 is 0 Å². The van der Waals surface area contributed by atoms with Gasteiger partial charge in [-0.3, -0.25) is 0 Å². The van der Waals surface area contributed by atoms with Crippen molar-refractivity contribution >= 4 is 11.5 Å². The highest BCUT2D eigenvalue weighted by Crippen LogP contribution is 2.35. The van der Waals surface area contributed by atoms with Gasteiger partial charge in [-0.05, 0) is 49.8 Å². The van der Waals surface area contributed by atoms with Crippen LogP contribution in [0.5, 0.6) is 11.5 Å². The van der Waals surface area contributed by atoms with Crippen molar-refractivity contribution in [1.82, 2.24) is 14.6 Å². The summed E-state index contributed by atoms with van der Waals surface area (Å²) in [7, 11) is 3.30. The Morgan fingerprint density at radius 3 is 2.37 bits per heavy atom. The third-order valence-corrected chi connectivity index (χ3v) is 6.08. The molecule has 6 nitrogen and oxygen atoms in total. The number of rotatable bonds is 5. The smallest absolute Gasteiger partial charge is 0.161 e. The highest BCUT2D eigenvalue weighted by molar-refractivity contribution is 5.69. The van der Waals surface area contributed by atoms with E-state index in [4.69, 9.17) is 19.6 Å². The molecule has 0 spiro atoms. The maximum Gasteiger partial charge on any atom is 0.161 e. The quantitative estimate of drug-likeness (QED) is 0.609. The summed E-state index contributed by atoms with van der Waals surface area (Å²) < 4.78 is 12.9. The Kier molecular flexibility index (Phi) is 5.58. The van der Waals surface area contributed by atoms with Gasteiger partial charge in [0.1, 0.15) is 5.82 Å². The molecule has 1 saturated heterocycles. The van der Waals surface area contributed by atoms with E-state index in [1.54, 1.807) is 14.2 Å². The molecule has 1 aromatic carbocycles. The first-order valence-corrected chi connectivity index (χ1v) is 10.8. The number of piperidine rings is 1. The van der Waals surface area contributed by atoms with Gasteiger partial charge in [-0.15, -0.1) is 0 Å². The number of ether oxygens (including phenoxy) is 2. The molecule has 1 aliphatic heterocycles. The molecule has 0 amide bonds. The molecule has 6 heteroatoms. The van der Waals surface area contributed by atoms with Crippen LogP contribution in [0.1, 0.15) is 38.4 Å². The van der Waals surface area contributed by atoms with Crippen molar-refractivity contribution in [3.63, 3.8) is 0 Å². The lowest BCUT2D eigenvalue weighted by Gasteiger charge is -2.37. The molecule has 0 aliphatic carbocycles. The number of aryl methyl sites for hydroxylation is 1. The number of hydrogen-bond acceptors (Lipinski definition) is 5. The molecule has 160 valence electrons. The molecule has 1 fully saturated rings. The Morgan fingerprint density at radius 2 is 1.73 bits per heavy atom. The van der Waals surface area contributed by atoms with E-state index in [9.17, 15) is 0 Å². The summed E-state index contributed by atoms with van der Waals surface area (Å²) >= 11 is 0. The molecule has 3 aromatic rings. The normalized spacial score (nSPS) is 19.3. The number of anilines is 1. The Balaban J connectivity index is 1.87. The topological polar surface area (TPSA) is 51.9 Å². The van der Waals surface area contributed by atoms with E-state index >= 15 is 0 Å². The molecule has 0 N–H and O–H groups in total. The fourth-order valence-electron chi connectivity index (χ4n) is 4.85. The lowest BCUT2D eigenvalue weighted by molar-refractivity contribution is 0.353. The fourth-order valence-corrected chi connectivity index (χ4v) is 4.85. The largest absolute Gasteiger partial charge is 0.493 e. The minimum atomic E-state index is 0.669. The van der Waals surface area contributed by atoms with Crippen LogP contribution in [0.2, 0.25) is 0 Å². The molecular formula is C24H32N4O2. The predicted molar refractivity (Wildman–Crippen MR) is 121 cm³/mol. The second-order valence-corrected chi connectivity index (χ2v) is 8.57. The Labute approximate surface area is 178 Å². The Morgan fingerprint density at radius 1 is 1.03 bits per heavy atom. The highest BCUT2D eigenvalue weighted by atomic mass is 16.5. The summed E-state index contributed by atoms with van der Waals surface area (Å²) in [5, 5.41) is 5.00. The summed E-state index contributed by atoms with van der Waals surface area (Å²) in [5.41, 5.74) is 5.13. The molecular weight excluding hydrogens is 376 g/mol. The van der Waals surface area contributed by atoms with Crippen molar-refractivity contribution in [2.24, 2.45) is 11.8 Å². The minimum Gasteiger partial charge on any atom is -0.493 e. The maximum absolute atomic E-state index is 5.49. The summed E-state index contributed by atoms with van der Waals surface area (Å²) in [6.45, 7) is 11.1. The van der Waals surface area contributed by atoms with Crippen LogP contribution in [0.25, 0.3) is 16.9 Å². The number of aromatic nitrogens is 3. The Hall–Kier alpha value is -2.76. The zero-order valence-corrected chi connectivity index (χ0v) is 18.9. The van der Waals surface area contributed by atoms with Crippen LogP contribution in [0.15, 0.2) is 24.3 Å². The first-order chi connectivity index (χ1) is 14.4. The SMILES string of the molecule is CCc1c(C)nc2cc(-c3ccc(OC)c(OC)c3)nn2c1N1C[C@@H](C)C[C@H](C)C1. The van der Waals surface area contributed by atoms with Crippen LogP contribution in [0.3, 0.4) is 0 Å². The van der Waals surface area contributed by atoms with Gasteiger partial charge in [-0.25, -0.2) is 4.98 Å². The van der Waals surface area contributed by atoms with E-state index in [0.29, 0.717) is 23.3 Å². The monoisotopic (exact) mass is 408 g/mol. The average Bonchev–Trinajstić information content (AvgIpc) is 3.14. The van der Waals surface area contributed by atoms with Crippen molar-refractivity contribution < 1.29 is 9.47 Å². The number of hydrogen-bond donors (Lipinski definition) is 0. The summed E-state index contributed by atoms with van der Waals surface area (Å²) in [5.74, 6) is 3.95. The van der Waals surface area contributed by atoms with E-state index in [-0.39, 0.29) is 0 Å². The zero-order valence-electron chi connectivity index (χ0n) is 18.9. The van der Waals surface area contributed by atoms with Gasteiger partial charge in [0.2, 0.25) is 0 Å². The van der Waals surface area contributed by atoms with Gasteiger partial charge in [0, 0.05) is 36.0 Å². The predicted octanol–water partition coefficient (Wildman–Crippen LogP) is 4.77. The van der Waals surface area contributed by atoms with Gasteiger partial charge in [-0.1, -0.05) is 20.8 Å². The molecule has 0 radical (unpaired) electrons. The number of benzene rings is 1. The van der Waals surface area contributed by atoms with Gasteiger partial charge in [0.05, 0.1) is 19.9 Å². The minimum absolute atomic E-state index is 0.669. The van der Waals surface area contributed by atoms with Gasteiger partial charge in [-0.2, -0.15) is 9.61 Å². The van der Waals surface area contributed by atoms with Crippen molar-refractivity contribution in [2.75, 3.05) is 32.2 Å². The third-order valence-electron chi connectivity index (χ3n) is 6.08. The van der Waals surface area contributed by atoms with Crippen LogP contribution >= 0.6 is 0 Å². The second-order valence-electron chi connectivity index (χ2n) is 8.57. The molecule has 0 unspecified atom stereocenters. The zero-order chi connectivity index (χ0) is 21.4. The number of methoxy groups -OCH3 is 2. The number of nitrogens with zero attached hydrogens (tertiary/aromatic N) is 4. The molecule has 2 aromatic heterocycles. The average molecular weight is 409 g/mol. The van der Waals surface area contributed by atoms with Crippen LogP contribution in [-0.4, -0.2) is 41.9 Å². The molecule has 0 saturated carbocycles. The summed E-state index contributed by atoms with van der Waals surface area (Å²) in [4.78, 5) is 7.40. The van der Waals surface area contributed by atoms with Crippen molar-refractivity contribution in [3.05, 3.63) is 35.5 Å². The van der Waals surface area contributed by atoms with Gasteiger partial charge in [0.25, 0.3) is 0 Å². The maximum atomic E-state index is 5.49. The summed E-state index contributed by atoms with van der Waals surface area (Å²) in [6.07, 6.45) is 2.22. The van der Waals surface area contributed by atoms with Crippen LogP contribution < -0.4 is 14.4 Å². The molecule has 30 heavy (non-hydrogen) atoms. The third kappa shape index (κ3) is 3.59. The molecule has 1 aliphatic rings. The lowest BCUT2D eigenvalue weighted by atomic mass is 9.91. The van der Waals surface area contributed by atoms with E-state index in [2.05, 4.69) is 38.7 Å². The Bertz CT molecular complexity index is 1050. The fraction of sp³-hybridized carbons (Fsp3) is 0.500. The van der Waals surface area contributed by atoms with Crippen molar-refractivity contribution in [3.8, 4) is 22.8 Å². The van der Waals surface area contributed by atoms with Gasteiger partial charge < -0.3 is 14.4 Å². The van der Waals surface area contributed by atoms with Crippen molar-refractivity contribution in [1.29, 1.82) is 0 Å². The van der Waals surface area contributed by atoms with Crippen LogP contribution in [0.4, 0.5) is 5.82 Å². The van der Waals surface area contributed by atoms with Crippen LogP contribution in [-0.2, 0) is 6.42 Å². The van der Waals surface area contributed by atoms with Crippen molar-refractivity contribution in [2.45, 2.75) is 40.5 Å². The van der Waals surface area contributed by atoms with Gasteiger partial charge in [0.15, 0.2) is 17.1 Å². The van der Waals surface area contributed by atoms with Gasteiger partial charge >= 0.3 is 0 Å². The summed E-state index contributed by atoms with van der Waals surface area (Å²) in [6, 6.07) is 7.97. The molecule has 4 rings (SSSR count). The molecule has 3 heterocycles. The highest BCUT2D eigenvalue weighted by Gasteiger charge is 2.27. The van der Waals surface area contributed by atoms with E-state index in [0.717, 1.165) is 42.1 Å².